The highest BCUT2D eigenvalue weighted by Gasteiger charge is 2.39. The Bertz CT molecular complexity index is 234. The number of aliphatic hydroxyl groups excluding tert-OH is 1. The van der Waals surface area contributed by atoms with E-state index in [9.17, 15) is 5.11 Å². The third-order valence-corrected chi connectivity index (χ3v) is 3.79. The van der Waals surface area contributed by atoms with Gasteiger partial charge >= 0.3 is 0 Å². The summed E-state index contributed by atoms with van der Waals surface area (Å²) in [6.07, 6.45) is 7.24. The van der Waals surface area contributed by atoms with Gasteiger partial charge < -0.3 is 19.3 Å². The van der Waals surface area contributed by atoms with E-state index in [4.69, 9.17) is 14.2 Å². The standard InChI is InChI=1S/C14H26O4/c1-2-3-4-5-6-7-13-17-10-12(18-13)14-11(15)8-9-16-14/h11-15H,2-10H2,1H3/t11?,12-,13?,14?/m1/s1. The second-order valence-corrected chi connectivity index (χ2v) is 5.33. The SMILES string of the molecule is CCCCCCCC1OC[C@H](C2OCCC2O)O1. The summed E-state index contributed by atoms with van der Waals surface area (Å²) in [5.41, 5.74) is 0. The van der Waals surface area contributed by atoms with Crippen LogP contribution in [0.25, 0.3) is 0 Å². The summed E-state index contributed by atoms with van der Waals surface area (Å²) >= 11 is 0. The van der Waals surface area contributed by atoms with E-state index in [0.29, 0.717) is 19.6 Å². The van der Waals surface area contributed by atoms with E-state index in [0.717, 1.165) is 12.8 Å². The minimum Gasteiger partial charge on any atom is -0.390 e. The molecule has 2 aliphatic heterocycles. The maximum absolute atomic E-state index is 9.75. The average molecular weight is 258 g/mol. The van der Waals surface area contributed by atoms with Gasteiger partial charge in [-0.25, -0.2) is 0 Å². The number of unbranched alkanes of at least 4 members (excludes halogenated alkanes) is 4. The molecule has 0 saturated carbocycles. The van der Waals surface area contributed by atoms with Gasteiger partial charge in [-0.15, -0.1) is 0 Å². The summed E-state index contributed by atoms with van der Waals surface area (Å²) in [5, 5.41) is 9.75. The lowest BCUT2D eigenvalue weighted by molar-refractivity contribution is -0.101. The first-order valence-corrected chi connectivity index (χ1v) is 7.38. The second-order valence-electron chi connectivity index (χ2n) is 5.33. The molecule has 0 spiro atoms. The molecule has 4 heteroatoms. The van der Waals surface area contributed by atoms with Gasteiger partial charge in [0, 0.05) is 6.61 Å². The molecule has 3 unspecified atom stereocenters. The number of aliphatic hydroxyl groups is 1. The van der Waals surface area contributed by atoms with Gasteiger partial charge in [-0.05, 0) is 19.3 Å². The van der Waals surface area contributed by atoms with Crippen LogP contribution in [0.5, 0.6) is 0 Å². The smallest absolute Gasteiger partial charge is 0.158 e. The van der Waals surface area contributed by atoms with Crippen LogP contribution in [0, 0.1) is 0 Å². The van der Waals surface area contributed by atoms with Gasteiger partial charge in [0.05, 0.1) is 12.7 Å². The lowest BCUT2D eigenvalue weighted by atomic mass is 10.1. The minimum absolute atomic E-state index is 0.0804. The molecule has 2 rings (SSSR count). The third kappa shape index (κ3) is 3.92. The van der Waals surface area contributed by atoms with E-state index in [1.807, 2.05) is 0 Å². The Morgan fingerprint density at radius 2 is 1.94 bits per heavy atom. The van der Waals surface area contributed by atoms with E-state index in [1.54, 1.807) is 0 Å². The van der Waals surface area contributed by atoms with E-state index in [1.165, 1.54) is 25.7 Å². The molecule has 0 bridgehead atoms. The van der Waals surface area contributed by atoms with Gasteiger partial charge in [0.25, 0.3) is 0 Å². The summed E-state index contributed by atoms with van der Waals surface area (Å²) in [6.45, 7) is 3.41. The molecule has 2 aliphatic rings. The molecule has 18 heavy (non-hydrogen) atoms. The first-order chi connectivity index (χ1) is 8.81. The van der Waals surface area contributed by atoms with Crippen molar-refractivity contribution in [1.82, 2.24) is 0 Å². The zero-order valence-corrected chi connectivity index (χ0v) is 11.3. The zero-order valence-electron chi connectivity index (χ0n) is 11.3. The summed E-state index contributed by atoms with van der Waals surface area (Å²) in [5.74, 6) is 0. The molecule has 2 heterocycles. The van der Waals surface area contributed by atoms with Gasteiger partial charge in [-0.2, -0.15) is 0 Å². The van der Waals surface area contributed by atoms with Gasteiger partial charge in [0.2, 0.25) is 0 Å². The van der Waals surface area contributed by atoms with Crippen LogP contribution in [-0.2, 0) is 14.2 Å². The summed E-state index contributed by atoms with van der Waals surface area (Å²) in [7, 11) is 0. The largest absolute Gasteiger partial charge is 0.390 e. The van der Waals surface area contributed by atoms with Crippen molar-refractivity contribution in [1.29, 1.82) is 0 Å². The number of hydrogen-bond donors (Lipinski definition) is 1. The lowest BCUT2D eigenvalue weighted by Gasteiger charge is -2.19. The predicted molar refractivity (Wildman–Crippen MR) is 68.4 cm³/mol. The fraction of sp³-hybridized carbons (Fsp3) is 1.00. The van der Waals surface area contributed by atoms with Crippen molar-refractivity contribution in [2.45, 2.75) is 76.5 Å². The van der Waals surface area contributed by atoms with Gasteiger partial charge in [0.15, 0.2) is 6.29 Å². The van der Waals surface area contributed by atoms with Crippen LogP contribution in [0.2, 0.25) is 0 Å². The van der Waals surface area contributed by atoms with Crippen LogP contribution in [0.1, 0.15) is 51.9 Å². The first kappa shape index (κ1) is 14.3. The molecule has 0 aromatic heterocycles. The van der Waals surface area contributed by atoms with Gasteiger partial charge in [0.1, 0.15) is 12.2 Å². The number of ether oxygens (including phenoxy) is 3. The highest BCUT2D eigenvalue weighted by Crippen LogP contribution is 2.26. The van der Waals surface area contributed by atoms with Crippen molar-refractivity contribution >= 4 is 0 Å². The Labute approximate surface area is 110 Å². The highest BCUT2D eigenvalue weighted by molar-refractivity contribution is 4.85. The normalized spacial score (nSPS) is 36.3. The lowest BCUT2D eigenvalue weighted by Crippen LogP contribution is -2.36. The Hall–Kier alpha value is -0.160. The van der Waals surface area contributed by atoms with E-state index in [2.05, 4.69) is 6.92 Å². The Balaban J connectivity index is 1.59. The first-order valence-electron chi connectivity index (χ1n) is 7.38. The molecule has 0 radical (unpaired) electrons. The molecule has 0 amide bonds. The Morgan fingerprint density at radius 1 is 1.11 bits per heavy atom. The van der Waals surface area contributed by atoms with E-state index < -0.39 is 0 Å². The van der Waals surface area contributed by atoms with Gasteiger partial charge in [-0.3, -0.25) is 0 Å². The van der Waals surface area contributed by atoms with Crippen molar-refractivity contribution < 1.29 is 19.3 Å². The van der Waals surface area contributed by atoms with Crippen LogP contribution in [-0.4, -0.2) is 42.9 Å². The van der Waals surface area contributed by atoms with Crippen molar-refractivity contribution in [2.75, 3.05) is 13.2 Å². The third-order valence-electron chi connectivity index (χ3n) is 3.79. The molecule has 4 nitrogen and oxygen atoms in total. The number of rotatable bonds is 7. The second kappa shape index (κ2) is 7.43. The van der Waals surface area contributed by atoms with E-state index in [-0.39, 0.29) is 24.6 Å². The van der Waals surface area contributed by atoms with Crippen molar-refractivity contribution in [3.8, 4) is 0 Å². The molecule has 2 saturated heterocycles. The molecule has 106 valence electrons. The van der Waals surface area contributed by atoms with Crippen LogP contribution in [0.15, 0.2) is 0 Å². The molecule has 0 aromatic carbocycles. The quantitative estimate of drug-likeness (QED) is 0.711. The van der Waals surface area contributed by atoms with Crippen molar-refractivity contribution in [3.63, 3.8) is 0 Å². The van der Waals surface area contributed by atoms with Gasteiger partial charge in [-0.1, -0.05) is 32.6 Å². The Morgan fingerprint density at radius 3 is 2.67 bits per heavy atom. The van der Waals surface area contributed by atoms with Crippen LogP contribution < -0.4 is 0 Å². The molecule has 4 atom stereocenters. The average Bonchev–Trinajstić information content (AvgIpc) is 2.97. The summed E-state index contributed by atoms with van der Waals surface area (Å²) in [6, 6.07) is 0. The molecule has 1 N–H and O–H groups in total. The molecule has 0 aromatic rings. The zero-order chi connectivity index (χ0) is 12.8. The maximum atomic E-state index is 9.75. The number of hydrogen-bond acceptors (Lipinski definition) is 4. The topological polar surface area (TPSA) is 47.9 Å². The van der Waals surface area contributed by atoms with Crippen molar-refractivity contribution in [2.24, 2.45) is 0 Å². The maximum Gasteiger partial charge on any atom is 0.158 e. The summed E-state index contributed by atoms with van der Waals surface area (Å²) < 4.78 is 16.9. The monoisotopic (exact) mass is 258 g/mol. The summed E-state index contributed by atoms with van der Waals surface area (Å²) in [4.78, 5) is 0. The molecule has 0 aliphatic carbocycles. The predicted octanol–water partition coefficient (Wildman–Crippen LogP) is 2.24. The van der Waals surface area contributed by atoms with Crippen LogP contribution in [0.3, 0.4) is 0 Å². The fourth-order valence-corrected chi connectivity index (χ4v) is 2.67. The van der Waals surface area contributed by atoms with Crippen LogP contribution in [0.4, 0.5) is 0 Å². The van der Waals surface area contributed by atoms with E-state index >= 15 is 0 Å². The van der Waals surface area contributed by atoms with Crippen molar-refractivity contribution in [3.05, 3.63) is 0 Å². The Kier molecular flexibility index (Phi) is 5.89. The minimum atomic E-state index is -0.387. The van der Waals surface area contributed by atoms with Crippen LogP contribution >= 0.6 is 0 Å². The highest BCUT2D eigenvalue weighted by atomic mass is 16.7. The molecular formula is C14H26O4. The molecular weight excluding hydrogens is 232 g/mol. The molecule has 2 fully saturated rings. The fourth-order valence-electron chi connectivity index (χ4n) is 2.67.